The van der Waals surface area contributed by atoms with Crippen molar-refractivity contribution in [2.24, 2.45) is 4.99 Å². The lowest BCUT2D eigenvalue weighted by molar-refractivity contribution is -0.144. The van der Waals surface area contributed by atoms with Gasteiger partial charge in [0.05, 0.1) is 11.4 Å². The van der Waals surface area contributed by atoms with Crippen LogP contribution in [0.4, 0.5) is 10.1 Å². The van der Waals surface area contributed by atoms with E-state index in [1.807, 2.05) is 0 Å². The van der Waals surface area contributed by atoms with Gasteiger partial charge in [-0.05, 0) is 44.5 Å². The van der Waals surface area contributed by atoms with Crippen LogP contribution >= 0.6 is 11.6 Å². The molecule has 1 aliphatic heterocycles. The van der Waals surface area contributed by atoms with Gasteiger partial charge in [-0.15, -0.1) is 0 Å². The summed E-state index contributed by atoms with van der Waals surface area (Å²) < 4.78 is 14.2. The van der Waals surface area contributed by atoms with Crippen molar-refractivity contribution in [3.05, 3.63) is 64.4 Å². The summed E-state index contributed by atoms with van der Waals surface area (Å²) in [6.45, 7) is 4.67. The highest BCUT2D eigenvalue weighted by atomic mass is 35.5. The summed E-state index contributed by atoms with van der Waals surface area (Å²) in [6.07, 6.45) is 0.357. The normalized spacial score (nSPS) is 17.0. The lowest BCUT2D eigenvalue weighted by Crippen LogP contribution is -2.55. The van der Waals surface area contributed by atoms with Crippen LogP contribution in [-0.4, -0.2) is 34.3 Å². The highest BCUT2D eigenvalue weighted by molar-refractivity contribution is 6.36. The summed E-state index contributed by atoms with van der Waals surface area (Å²) in [5, 5.41) is 10.1. The lowest BCUT2D eigenvalue weighted by Gasteiger charge is -2.36. The second kappa shape index (κ2) is 7.36. The fourth-order valence-electron chi connectivity index (χ4n) is 3.25. The van der Waals surface area contributed by atoms with E-state index in [-0.39, 0.29) is 5.69 Å². The number of carboxylic acid groups (broad SMARTS) is 1. The number of nitrogens with zero attached hydrogens (tertiary/aromatic N) is 2. The molecule has 2 aromatic carbocycles. The molecule has 1 N–H and O–H groups in total. The third-order valence-electron chi connectivity index (χ3n) is 4.84. The second-order valence-electron chi connectivity index (χ2n) is 7.08. The Hall–Kier alpha value is -2.73. The average molecular weight is 403 g/mol. The van der Waals surface area contributed by atoms with Gasteiger partial charge in [0.25, 0.3) is 5.91 Å². The zero-order chi connectivity index (χ0) is 20.6. The van der Waals surface area contributed by atoms with Gasteiger partial charge in [-0.2, -0.15) is 0 Å². The van der Waals surface area contributed by atoms with E-state index in [0.717, 1.165) is 0 Å². The number of halogens is 2. The van der Waals surface area contributed by atoms with Gasteiger partial charge in [0, 0.05) is 16.1 Å². The van der Waals surface area contributed by atoms with E-state index < -0.39 is 29.3 Å². The van der Waals surface area contributed by atoms with Gasteiger partial charge in [-0.3, -0.25) is 14.7 Å². The van der Waals surface area contributed by atoms with E-state index in [0.29, 0.717) is 28.3 Å². The topological polar surface area (TPSA) is 70.0 Å². The number of hydrogen-bond acceptors (Lipinski definition) is 3. The van der Waals surface area contributed by atoms with Crippen LogP contribution in [0.5, 0.6) is 0 Å². The maximum Gasteiger partial charge on any atom is 0.329 e. The number of hydrogen-bond donors (Lipinski definition) is 1. The van der Waals surface area contributed by atoms with Crippen LogP contribution in [-0.2, 0) is 9.59 Å². The minimum atomic E-state index is -1.55. The van der Waals surface area contributed by atoms with Gasteiger partial charge < -0.3 is 5.11 Å². The van der Waals surface area contributed by atoms with Crippen LogP contribution in [0.3, 0.4) is 0 Å². The van der Waals surface area contributed by atoms with Gasteiger partial charge in [0.2, 0.25) is 0 Å². The standard InChI is InChI=1S/C21H20ClFN2O3/c1-4-16-19(26)25(21(2,3)20(27)28)17-10-9-12(23)11-14(17)18(24-16)13-7-5-6-8-15(13)22/h5-11,16H,4H2,1-3H3,(H,27,28). The number of benzene rings is 2. The number of aliphatic carboxylic acids is 1. The molecule has 0 saturated carbocycles. The summed E-state index contributed by atoms with van der Waals surface area (Å²) in [5.74, 6) is -2.15. The number of benzodiazepines with no additional fused rings is 1. The van der Waals surface area contributed by atoms with Gasteiger partial charge in [0.15, 0.2) is 0 Å². The first-order valence-electron chi connectivity index (χ1n) is 8.88. The Balaban J connectivity index is 2.36. The van der Waals surface area contributed by atoms with Crippen LogP contribution in [0.25, 0.3) is 0 Å². The molecule has 0 fully saturated rings. The molecule has 1 unspecified atom stereocenters. The highest BCUT2D eigenvalue weighted by Gasteiger charge is 2.44. The smallest absolute Gasteiger partial charge is 0.329 e. The predicted octanol–water partition coefficient (Wildman–Crippen LogP) is 4.30. The van der Waals surface area contributed by atoms with Crippen molar-refractivity contribution in [3.8, 4) is 0 Å². The van der Waals surface area contributed by atoms with Crippen molar-refractivity contribution in [3.63, 3.8) is 0 Å². The number of carbonyl (C=O) groups excluding carboxylic acids is 1. The number of rotatable bonds is 4. The van der Waals surface area contributed by atoms with Crippen LogP contribution < -0.4 is 4.90 Å². The molecule has 5 nitrogen and oxygen atoms in total. The van der Waals surface area contributed by atoms with Crippen molar-refractivity contribution in [1.29, 1.82) is 0 Å². The van der Waals surface area contributed by atoms with Crippen molar-refractivity contribution >= 4 is 34.9 Å². The van der Waals surface area contributed by atoms with Crippen molar-refractivity contribution in [2.45, 2.75) is 38.8 Å². The minimum Gasteiger partial charge on any atom is -0.480 e. The quantitative estimate of drug-likeness (QED) is 0.828. The van der Waals surface area contributed by atoms with Gasteiger partial charge in [-0.1, -0.05) is 36.7 Å². The number of fused-ring (bicyclic) bond motifs is 1. The molecule has 0 bridgehead atoms. The fraction of sp³-hybridized carbons (Fsp3) is 0.286. The molecule has 1 heterocycles. The molecule has 0 spiro atoms. The first-order chi connectivity index (χ1) is 13.2. The maximum atomic E-state index is 14.2. The first kappa shape index (κ1) is 20.0. The Labute approximate surface area is 167 Å². The Kier molecular flexibility index (Phi) is 5.26. The van der Waals surface area contributed by atoms with E-state index in [9.17, 15) is 19.1 Å². The van der Waals surface area contributed by atoms with E-state index in [4.69, 9.17) is 11.6 Å². The van der Waals surface area contributed by atoms with E-state index in [1.54, 1.807) is 31.2 Å². The SMILES string of the molecule is CCC1N=C(c2ccccc2Cl)c2cc(F)ccc2N(C(C)(C)C(=O)O)C1=O. The Morgan fingerprint density at radius 2 is 1.93 bits per heavy atom. The predicted molar refractivity (Wildman–Crippen MR) is 107 cm³/mol. The molecule has 3 rings (SSSR count). The number of aliphatic imine (C=N–C) groups is 1. The van der Waals surface area contributed by atoms with Crippen LogP contribution in [0.1, 0.15) is 38.3 Å². The molecular formula is C21H20ClFN2O3. The number of anilines is 1. The number of carbonyl (C=O) groups is 2. The Morgan fingerprint density at radius 1 is 1.25 bits per heavy atom. The molecule has 146 valence electrons. The molecule has 0 aliphatic carbocycles. The molecule has 1 atom stereocenters. The molecule has 0 aromatic heterocycles. The second-order valence-corrected chi connectivity index (χ2v) is 7.49. The van der Waals surface area contributed by atoms with Crippen LogP contribution in [0, 0.1) is 5.82 Å². The monoisotopic (exact) mass is 402 g/mol. The summed E-state index contributed by atoms with van der Waals surface area (Å²) >= 11 is 6.35. The molecule has 0 saturated heterocycles. The first-order valence-corrected chi connectivity index (χ1v) is 9.26. The Bertz CT molecular complexity index is 987. The molecular weight excluding hydrogens is 383 g/mol. The van der Waals surface area contributed by atoms with E-state index >= 15 is 0 Å². The third-order valence-corrected chi connectivity index (χ3v) is 5.17. The van der Waals surface area contributed by atoms with E-state index in [1.165, 1.54) is 36.9 Å². The average Bonchev–Trinajstić information content (AvgIpc) is 2.76. The zero-order valence-corrected chi connectivity index (χ0v) is 16.5. The fourth-order valence-corrected chi connectivity index (χ4v) is 3.47. The van der Waals surface area contributed by atoms with Gasteiger partial charge >= 0.3 is 5.97 Å². The molecule has 7 heteroatoms. The number of amides is 1. The van der Waals surface area contributed by atoms with Crippen LogP contribution in [0.2, 0.25) is 5.02 Å². The van der Waals surface area contributed by atoms with Crippen LogP contribution in [0.15, 0.2) is 47.5 Å². The number of carboxylic acids is 1. The summed E-state index contributed by atoms with van der Waals surface area (Å²) in [6, 6.07) is 10.0. The minimum absolute atomic E-state index is 0.286. The summed E-state index contributed by atoms with van der Waals surface area (Å²) in [5.41, 5.74) is -0.0240. The maximum absolute atomic E-state index is 14.2. The molecule has 2 aromatic rings. The zero-order valence-electron chi connectivity index (χ0n) is 15.7. The van der Waals surface area contributed by atoms with Crippen molar-refractivity contribution in [2.75, 3.05) is 4.90 Å². The molecule has 28 heavy (non-hydrogen) atoms. The van der Waals surface area contributed by atoms with E-state index in [2.05, 4.69) is 4.99 Å². The molecule has 0 radical (unpaired) electrons. The lowest BCUT2D eigenvalue weighted by atomic mass is 9.96. The molecule has 1 aliphatic rings. The Morgan fingerprint density at radius 3 is 2.54 bits per heavy atom. The highest BCUT2D eigenvalue weighted by Crippen LogP contribution is 2.36. The third kappa shape index (κ3) is 3.29. The summed E-state index contributed by atoms with van der Waals surface area (Å²) in [4.78, 5) is 31.0. The van der Waals surface area contributed by atoms with Crippen molar-refractivity contribution in [1.82, 2.24) is 0 Å². The molecule has 1 amide bonds. The largest absolute Gasteiger partial charge is 0.480 e. The van der Waals surface area contributed by atoms with Gasteiger partial charge in [-0.25, -0.2) is 9.18 Å². The summed E-state index contributed by atoms with van der Waals surface area (Å²) in [7, 11) is 0. The van der Waals surface area contributed by atoms with Crippen molar-refractivity contribution < 1.29 is 19.1 Å². The van der Waals surface area contributed by atoms with Gasteiger partial charge in [0.1, 0.15) is 17.4 Å².